The number of carbonyl (C=O) groups excluding carboxylic acids is 1. The highest BCUT2D eigenvalue weighted by atomic mass is 32.1. The number of rotatable bonds is 7. The van der Waals surface area contributed by atoms with Crippen LogP contribution in [0, 0.1) is 0 Å². The molecule has 20 heavy (non-hydrogen) atoms. The minimum atomic E-state index is -0.924. The molecule has 3 nitrogen and oxygen atoms in total. The Hall–Kier alpha value is -1.88. The first-order valence-electron chi connectivity index (χ1n) is 6.24. The normalized spacial score (nSPS) is 11.9. The van der Waals surface area contributed by atoms with Crippen molar-refractivity contribution in [1.82, 2.24) is 0 Å². The van der Waals surface area contributed by atoms with Gasteiger partial charge in [0.15, 0.2) is 5.78 Å². The van der Waals surface area contributed by atoms with Crippen LogP contribution >= 0.6 is 11.3 Å². The van der Waals surface area contributed by atoms with Crippen LogP contribution in [0.4, 0.5) is 10.1 Å². The fraction of sp³-hybridized carbons (Fsp3) is 0.267. The molecule has 1 atom stereocenters. The smallest absolute Gasteiger partial charge is 0.166 e. The summed E-state index contributed by atoms with van der Waals surface area (Å²) in [5, 5.41) is 5.21. The number of ketones is 1. The van der Waals surface area contributed by atoms with Gasteiger partial charge in [-0.2, -0.15) is 0 Å². The number of alkyl halides is 1. The van der Waals surface area contributed by atoms with Gasteiger partial charge in [0.05, 0.1) is 13.2 Å². The van der Waals surface area contributed by atoms with E-state index in [1.165, 1.54) is 0 Å². The maximum Gasteiger partial charge on any atom is 0.166 e. The predicted octanol–water partition coefficient (Wildman–Crippen LogP) is 3.84. The largest absolute Gasteiger partial charge is 0.497 e. The van der Waals surface area contributed by atoms with E-state index < -0.39 is 12.5 Å². The van der Waals surface area contributed by atoms with Gasteiger partial charge >= 0.3 is 0 Å². The molecular formula is C15H16FNO2S. The van der Waals surface area contributed by atoms with Crippen LogP contribution in [0.25, 0.3) is 0 Å². The number of hydrogen-bond donors (Lipinski definition) is 1. The second-order valence-electron chi connectivity index (χ2n) is 4.32. The molecule has 1 heterocycles. The molecule has 1 aromatic heterocycles. The number of anilines is 1. The van der Waals surface area contributed by atoms with E-state index in [4.69, 9.17) is 4.74 Å². The Bertz CT molecular complexity index is 540. The molecule has 0 aliphatic rings. The monoisotopic (exact) mass is 293 g/mol. The maximum absolute atomic E-state index is 12.4. The number of nitrogens with one attached hydrogen (secondary N) is 1. The van der Waals surface area contributed by atoms with Gasteiger partial charge in [-0.3, -0.25) is 4.79 Å². The molecule has 2 rings (SSSR count). The summed E-state index contributed by atoms with van der Waals surface area (Å²) >= 11 is 1.55. The van der Waals surface area contributed by atoms with Gasteiger partial charge in [-0.1, -0.05) is 6.07 Å². The molecule has 0 spiro atoms. The molecule has 0 saturated heterocycles. The van der Waals surface area contributed by atoms with Crippen LogP contribution in [0.1, 0.15) is 17.3 Å². The molecule has 0 aliphatic carbocycles. The zero-order valence-corrected chi connectivity index (χ0v) is 12.0. The second kappa shape index (κ2) is 7.05. The zero-order valence-electron chi connectivity index (χ0n) is 11.1. The third-order valence-electron chi connectivity index (χ3n) is 2.90. The standard InChI is InChI=1S/C15H16FNO2S/c1-19-13-6-4-11(5-7-13)17-14(9-12(18)10-16)15-3-2-8-20-15/h2-8,14,17H,9-10H2,1H3/t14-/m0/s1. The fourth-order valence-corrected chi connectivity index (χ4v) is 2.66. The molecule has 0 bridgehead atoms. The Morgan fingerprint density at radius 3 is 2.65 bits per heavy atom. The summed E-state index contributed by atoms with van der Waals surface area (Å²) in [6.45, 7) is -0.924. The Kier molecular flexibility index (Phi) is 5.12. The van der Waals surface area contributed by atoms with Gasteiger partial charge < -0.3 is 10.1 Å². The SMILES string of the molecule is COc1ccc(N[C@@H](CC(=O)CF)c2cccs2)cc1. The minimum absolute atomic E-state index is 0.142. The van der Waals surface area contributed by atoms with E-state index in [0.717, 1.165) is 16.3 Å². The van der Waals surface area contributed by atoms with Crippen LogP contribution < -0.4 is 10.1 Å². The molecule has 2 aromatic rings. The molecule has 0 fully saturated rings. The Morgan fingerprint density at radius 1 is 1.35 bits per heavy atom. The molecule has 0 aliphatic heterocycles. The molecular weight excluding hydrogens is 277 g/mol. The van der Waals surface area contributed by atoms with Crippen LogP contribution in [0.15, 0.2) is 41.8 Å². The summed E-state index contributed by atoms with van der Waals surface area (Å²) in [5.74, 6) is 0.368. The topological polar surface area (TPSA) is 38.3 Å². The quantitative estimate of drug-likeness (QED) is 0.843. The van der Waals surface area contributed by atoms with E-state index in [1.807, 2.05) is 41.8 Å². The van der Waals surface area contributed by atoms with Crippen molar-refractivity contribution in [1.29, 1.82) is 0 Å². The van der Waals surface area contributed by atoms with Crippen molar-refractivity contribution in [2.24, 2.45) is 0 Å². The van der Waals surface area contributed by atoms with Crippen LogP contribution in [0.3, 0.4) is 0 Å². The first-order chi connectivity index (χ1) is 9.72. The van der Waals surface area contributed by atoms with E-state index >= 15 is 0 Å². The van der Waals surface area contributed by atoms with E-state index in [-0.39, 0.29) is 12.5 Å². The number of Topliss-reactive ketones (excluding diaryl/α,β-unsaturated/α-hetero) is 1. The summed E-state index contributed by atoms with van der Waals surface area (Å²) < 4.78 is 17.5. The van der Waals surface area contributed by atoms with Crippen molar-refractivity contribution >= 4 is 22.8 Å². The molecule has 0 amide bonds. The number of carbonyl (C=O) groups is 1. The summed E-state index contributed by atoms with van der Waals surface area (Å²) in [5.41, 5.74) is 0.871. The number of ether oxygens (including phenoxy) is 1. The summed E-state index contributed by atoms with van der Waals surface area (Å²) in [7, 11) is 1.61. The highest BCUT2D eigenvalue weighted by Crippen LogP contribution is 2.27. The summed E-state index contributed by atoms with van der Waals surface area (Å²) in [4.78, 5) is 12.4. The predicted molar refractivity (Wildman–Crippen MR) is 79.3 cm³/mol. The van der Waals surface area contributed by atoms with Gasteiger partial charge in [0.25, 0.3) is 0 Å². The Balaban J connectivity index is 2.12. The lowest BCUT2D eigenvalue weighted by molar-refractivity contribution is -0.120. The van der Waals surface area contributed by atoms with Crippen molar-refractivity contribution in [3.05, 3.63) is 46.7 Å². The van der Waals surface area contributed by atoms with Crippen molar-refractivity contribution in [3.63, 3.8) is 0 Å². The second-order valence-corrected chi connectivity index (χ2v) is 5.30. The van der Waals surface area contributed by atoms with E-state index in [0.29, 0.717) is 0 Å². The van der Waals surface area contributed by atoms with Gasteiger partial charge in [0.1, 0.15) is 12.4 Å². The third kappa shape index (κ3) is 3.81. The average Bonchev–Trinajstić information content (AvgIpc) is 3.01. The van der Waals surface area contributed by atoms with Gasteiger partial charge in [-0.25, -0.2) is 4.39 Å². The lowest BCUT2D eigenvalue weighted by Crippen LogP contribution is -2.15. The highest BCUT2D eigenvalue weighted by molar-refractivity contribution is 7.10. The number of benzene rings is 1. The molecule has 5 heteroatoms. The first-order valence-corrected chi connectivity index (χ1v) is 7.12. The van der Waals surface area contributed by atoms with Gasteiger partial charge in [0, 0.05) is 17.0 Å². The first kappa shape index (κ1) is 14.5. The number of halogens is 1. The van der Waals surface area contributed by atoms with Crippen LogP contribution in [0.2, 0.25) is 0 Å². The highest BCUT2D eigenvalue weighted by Gasteiger charge is 2.16. The zero-order chi connectivity index (χ0) is 14.4. The lowest BCUT2D eigenvalue weighted by Gasteiger charge is -2.18. The molecule has 0 unspecified atom stereocenters. The summed E-state index contributed by atoms with van der Waals surface area (Å²) in [6, 6.07) is 11.1. The van der Waals surface area contributed by atoms with E-state index in [1.54, 1.807) is 18.4 Å². The number of thiophene rings is 1. The van der Waals surface area contributed by atoms with Gasteiger partial charge in [-0.05, 0) is 35.7 Å². The van der Waals surface area contributed by atoms with Gasteiger partial charge in [-0.15, -0.1) is 11.3 Å². The average molecular weight is 293 g/mol. The molecule has 0 saturated carbocycles. The maximum atomic E-state index is 12.4. The molecule has 1 N–H and O–H groups in total. The fourth-order valence-electron chi connectivity index (χ4n) is 1.88. The van der Waals surface area contributed by atoms with E-state index in [9.17, 15) is 9.18 Å². The van der Waals surface area contributed by atoms with Crippen molar-refractivity contribution in [3.8, 4) is 5.75 Å². The Morgan fingerprint density at radius 2 is 2.10 bits per heavy atom. The van der Waals surface area contributed by atoms with Gasteiger partial charge in [0.2, 0.25) is 0 Å². The minimum Gasteiger partial charge on any atom is -0.497 e. The van der Waals surface area contributed by atoms with Crippen LogP contribution in [-0.4, -0.2) is 19.6 Å². The third-order valence-corrected chi connectivity index (χ3v) is 3.88. The number of methoxy groups -OCH3 is 1. The molecule has 0 radical (unpaired) electrons. The number of hydrogen-bond acceptors (Lipinski definition) is 4. The van der Waals surface area contributed by atoms with Crippen LogP contribution in [0.5, 0.6) is 5.75 Å². The van der Waals surface area contributed by atoms with Crippen molar-refractivity contribution < 1.29 is 13.9 Å². The van der Waals surface area contributed by atoms with Crippen LogP contribution in [-0.2, 0) is 4.79 Å². The molecule has 1 aromatic carbocycles. The summed E-state index contributed by atoms with van der Waals surface area (Å²) in [6.07, 6.45) is 0.142. The molecule has 106 valence electrons. The van der Waals surface area contributed by atoms with E-state index in [2.05, 4.69) is 5.32 Å². The Labute approximate surface area is 121 Å². The van der Waals surface area contributed by atoms with Crippen molar-refractivity contribution in [2.45, 2.75) is 12.5 Å². The van der Waals surface area contributed by atoms with Crippen molar-refractivity contribution in [2.75, 3.05) is 19.1 Å². The lowest BCUT2D eigenvalue weighted by atomic mass is 10.1.